The zero-order valence-electron chi connectivity index (χ0n) is 11.9. The molecule has 0 saturated carbocycles. The van der Waals surface area contributed by atoms with Crippen molar-refractivity contribution in [3.05, 3.63) is 29.0 Å². The second kappa shape index (κ2) is 7.73. The first-order chi connectivity index (χ1) is 10.1. The number of rotatable bonds is 5. The standard InChI is InChI=1S/C15H19ClFNO3/c1-10(21-9-12-4-2-3-7-20-12)15(19)18-14-8-11(16)5-6-13(14)17/h5-6,8,10,12H,2-4,7,9H2,1H3,(H,18,19). The van der Waals surface area contributed by atoms with Crippen LogP contribution in [-0.4, -0.2) is 31.3 Å². The molecule has 1 aliphatic rings. The average molecular weight is 316 g/mol. The Morgan fingerprint density at radius 3 is 3.10 bits per heavy atom. The maximum Gasteiger partial charge on any atom is 0.253 e. The minimum absolute atomic E-state index is 0.0388. The Morgan fingerprint density at radius 2 is 2.38 bits per heavy atom. The van der Waals surface area contributed by atoms with Crippen LogP contribution < -0.4 is 5.32 Å². The Balaban J connectivity index is 1.82. The van der Waals surface area contributed by atoms with Gasteiger partial charge in [-0.2, -0.15) is 0 Å². The zero-order valence-corrected chi connectivity index (χ0v) is 12.7. The van der Waals surface area contributed by atoms with Gasteiger partial charge < -0.3 is 14.8 Å². The first-order valence-electron chi connectivity index (χ1n) is 7.05. The van der Waals surface area contributed by atoms with Gasteiger partial charge in [-0.05, 0) is 44.4 Å². The van der Waals surface area contributed by atoms with Gasteiger partial charge in [-0.3, -0.25) is 4.79 Å². The summed E-state index contributed by atoms with van der Waals surface area (Å²) < 4.78 is 24.6. The lowest BCUT2D eigenvalue weighted by Gasteiger charge is -2.23. The van der Waals surface area contributed by atoms with Crippen LogP contribution in [0.5, 0.6) is 0 Å². The first kappa shape index (κ1) is 16.2. The van der Waals surface area contributed by atoms with Crippen molar-refractivity contribution < 1.29 is 18.7 Å². The summed E-state index contributed by atoms with van der Waals surface area (Å²) in [5.41, 5.74) is 0.0527. The van der Waals surface area contributed by atoms with Crippen LogP contribution in [0.25, 0.3) is 0 Å². The lowest BCUT2D eigenvalue weighted by Crippen LogP contribution is -2.32. The van der Waals surface area contributed by atoms with Crippen molar-refractivity contribution in [2.24, 2.45) is 0 Å². The molecule has 1 heterocycles. The third-order valence-electron chi connectivity index (χ3n) is 3.36. The van der Waals surface area contributed by atoms with E-state index >= 15 is 0 Å². The molecule has 6 heteroatoms. The molecule has 1 amide bonds. The molecule has 1 fully saturated rings. The number of anilines is 1. The van der Waals surface area contributed by atoms with Crippen LogP contribution in [0.1, 0.15) is 26.2 Å². The van der Waals surface area contributed by atoms with Crippen LogP contribution in [-0.2, 0) is 14.3 Å². The molecule has 1 N–H and O–H groups in total. The second-order valence-electron chi connectivity index (χ2n) is 5.08. The van der Waals surface area contributed by atoms with E-state index in [0.29, 0.717) is 11.6 Å². The summed E-state index contributed by atoms with van der Waals surface area (Å²) in [6.45, 7) is 2.73. The summed E-state index contributed by atoms with van der Waals surface area (Å²) in [6.07, 6.45) is 2.48. The Hall–Kier alpha value is -1.17. The number of hydrogen-bond acceptors (Lipinski definition) is 3. The summed E-state index contributed by atoms with van der Waals surface area (Å²) in [6, 6.07) is 4.00. The molecule has 0 aromatic heterocycles. The van der Waals surface area contributed by atoms with Gasteiger partial charge in [0.2, 0.25) is 0 Å². The highest BCUT2D eigenvalue weighted by atomic mass is 35.5. The topological polar surface area (TPSA) is 47.6 Å². The number of amides is 1. The monoisotopic (exact) mass is 315 g/mol. The molecular weight excluding hydrogens is 297 g/mol. The van der Waals surface area contributed by atoms with Crippen molar-refractivity contribution in [2.45, 2.75) is 38.4 Å². The predicted octanol–water partition coefficient (Wildman–Crippen LogP) is 3.39. The molecule has 0 spiro atoms. The van der Waals surface area contributed by atoms with Crippen molar-refractivity contribution in [1.29, 1.82) is 0 Å². The van der Waals surface area contributed by atoms with E-state index in [0.717, 1.165) is 25.9 Å². The number of halogens is 2. The lowest BCUT2D eigenvalue weighted by atomic mass is 10.1. The highest BCUT2D eigenvalue weighted by Crippen LogP contribution is 2.20. The van der Waals surface area contributed by atoms with E-state index in [1.54, 1.807) is 6.92 Å². The van der Waals surface area contributed by atoms with Gasteiger partial charge in [0.25, 0.3) is 5.91 Å². The fourth-order valence-corrected chi connectivity index (χ4v) is 2.27. The highest BCUT2D eigenvalue weighted by molar-refractivity contribution is 6.30. The quantitative estimate of drug-likeness (QED) is 0.906. The van der Waals surface area contributed by atoms with E-state index in [1.165, 1.54) is 18.2 Å². The Bertz CT molecular complexity index is 492. The molecule has 0 bridgehead atoms. The molecule has 116 valence electrons. The minimum atomic E-state index is -0.686. The van der Waals surface area contributed by atoms with Crippen LogP contribution in [0.4, 0.5) is 10.1 Å². The van der Waals surface area contributed by atoms with Crippen molar-refractivity contribution in [3.8, 4) is 0 Å². The summed E-state index contributed by atoms with van der Waals surface area (Å²) >= 11 is 5.78. The maximum atomic E-state index is 13.5. The van der Waals surface area contributed by atoms with E-state index in [2.05, 4.69) is 5.32 Å². The first-order valence-corrected chi connectivity index (χ1v) is 7.43. The zero-order chi connectivity index (χ0) is 15.2. The number of carbonyl (C=O) groups is 1. The van der Waals surface area contributed by atoms with Gasteiger partial charge in [0.05, 0.1) is 18.4 Å². The van der Waals surface area contributed by atoms with Crippen LogP contribution in [0.2, 0.25) is 5.02 Å². The largest absolute Gasteiger partial charge is 0.376 e. The number of benzene rings is 1. The molecule has 1 aromatic rings. The van der Waals surface area contributed by atoms with Crippen molar-refractivity contribution >= 4 is 23.2 Å². The van der Waals surface area contributed by atoms with E-state index in [-0.39, 0.29) is 11.8 Å². The smallest absolute Gasteiger partial charge is 0.253 e. The summed E-state index contributed by atoms with van der Waals surface area (Å²) in [7, 11) is 0. The number of nitrogens with one attached hydrogen (secondary N) is 1. The summed E-state index contributed by atoms with van der Waals surface area (Å²) in [5.74, 6) is -0.942. The second-order valence-corrected chi connectivity index (χ2v) is 5.51. The molecule has 21 heavy (non-hydrogen) atoms. The lowest BCUT2D eigenvalue weighted by molar-refractivity contribution is -0.130. The Labute approximate surface area is 128 Å². The van der Waals surface area contributed by atoms with Crippen molar-refractivity contribution in [3.63, 3.8) is 0 Å². The molecule has 1 aliphatic heterocycles. The van der Waals surface area contributed by atoms with Crippen LogP contribution in [0.15, 0.2) is 18.2 Å². The number of carbonyl (C=O) groups excluding carboxylic acids is 1. The molecule has 2 atom stereocenters. The minimum Gasteiger partial charge on any atom is -0.376 e. The molecule has 0 aliphatic carbocycles. The van der Waals surface area contributed by atoms with Gasteiger partial charge >= 0.3 is 0 Å². The molecule has 2 rings (SSSR count). The van der Waals surface area contributed by atoms with Crippen LogP contribution >= 0.6 is 11.6 Å². The molecular formula is C15H19ClFNO3. The van der Waals surface area contributed by atoms with Gasteiger partial charge in [-0.1, -0.05) is 11.6 Å². The van der Waals surface area contributed by atoms with E-state index < -0.39 is 17.8 Å². The third kappa shape index (κ3) is 4.95. The molecule has 2 unspecified atom stereocenters. The average Bonchev–Trinajstić information content (AvgIpc) is 2.49. The van der Waals surface area contributed by atoms with Gasteiger partial charge in [0.1, 0.15) is 11.9 Å². The van der Waals surface area contributed by atoms with Gasteiger partial charge in [-0.15, -0.1) is 0 Å². The summed E-state index contributed by atoms with van der Waals surface area (Å²) in [4.78, 5) is 12.0. The Kier molecular flexibility index (Phi) is 5.96. The SMILES string of the molecule is CC(OCC1CCCCO1)C(=O)Nc1cc(Cl)ccc1F. The molecule has 4 nitrogen and oxygen atoms in total. The van der Waals surface area contributed by atoms with E-state index in [1.807, 2.05) is 0 Å². The van der Waals surface area contributed by atoms with Gasteiger partial charge in [0, 0.05) is 11.6 Å². The highest BCUT2D eigenvalue weighted by Gasteiger charge is 2.19. The predicted molar refractivity (Wildman–Crippen MR) is 79.0 cm³/mol. The normalized spacial score (nSPS) is 20.0. The molecule has 1 saturated heterocycles. The van der Waals surface area contributed by atoms with Gasteiger partial charge in [0.15, 0.2) is 0 Å². The van der Waals surface area contributed by atoms with Crippen LogP contribution in [0.3, 0.4) is 0 Å². The maximum absolute atomic E-state index is 13.5. The van der Waals surface area contributed by atoms with E-state index in [4.69, 9.17) is 21.1 Å². The number of hydrogen-bond donors (Lipinski definition) is 1. The van der Waals surface area contributed by atoms with Gasteiger partial charge in [-0.25, -0.2) is 4.39 Å². The van der Waals surface area contributed by atoms with Crippen molar-refractivity contribution in [2.75, 3.05) is 18.5 Å². The Morgan fingerprint density at radius 1 is 1.57 bits per heavy atom. The molecule has 0 radical (unpaired) electrons. The number of ether oxygens (including phenoxy) is 2. The third-order valence-corrected chi connectivity index (χ3v) is 3.60. The summed E-state index contributed by atoms with van der Waals surface area (Å²) in [5, 5.41) is 2.83. The van der Waals surface area contributed by atoms with Crippen molar-refractivity contribution in [1.82, 2.24) is 0 Å². The fraction of sp³-hybridized carbons (Fsp3) is 0.533. The van der Waals surface area contributed by atoms with Crippen LogP contribution in [0, 0.1) is 5.82 Å². The fourth-order valence-electron chi connectivity index (χ4n) is 2.09. The van der Waals surface area contributed by atoms with E-state index in [9.17, 15) is 9.18 Å². The molecule has 1 aromatic carbocycles.